The highest BCUT2D eigenvalue weighted by Gasteiger charge is 2.17. The monoisotopic (exact) mass is 519 g/mol. The van der Waals surface area contributed by atoms with Crippen molar-refractivity contribution < 1.29 is 49.1 Å². The van der Waals surface area contributed by atoms with Gasteiger partial charge in [-0.2, -0.15) is 0 Å². The van der Waals surface area contributed by atoms with Gasteiger partial charge in [0.05, 0.1) is 11.4 Å². The summed E-state index contributed by atoms with van der Waals surface area (Å²) in [6.45, 7) is -0.334. The summed E-state index contributed by atoms with van der Waals surface area (Å²) in [6, 6.07) is 13.2. The first-order valence-corrected chi connectivity index (χ1v) is 10.7. The van der Waals surface area contributed by atoms with E-state index in [1.54, 1.807) is 30.3 Å². The molecule has 1 aromatic carbocycles. The maximum absolute atomic E-state index is 11.3. The first kappa shape index (κ1) is 25.5. The van der Waals surface area contributed by atoms with Gasteiger partial charge >= 0.3 is 23.9 Å². The second kappa shape index (κ2) is 10.6. The molecule has 4 rings (SSSR count). The van der Waals surface area contributed by atoms with E-state index in [0.29, 0.717) is 16.8 Å². The van der Waals surface area contributed by atoms with Crippen molar-refractivity contribution in [1.29, 1.82) is 0 Å². The normalized spacial score (nSPS) is 10.6. The number of hydrogen-bond donors (Lipinski definition) is 4. The third-order valence-electron chi connectivity index (χ3n) is 5.11. The largest absolute Gasteiger partial charge is 0.487 e. The molecule has 3 heterocycles. The summed E-state index contributed by atoms with van der Waals surface area (Å²) in [7, 11) is 0. The Morgan fingerprint density at radius 1 is 0.605 bits per heavy atom. The summed E-state index contributed by atoms with van der Waals surface area (Å²) in [5, 5.41) is 38.3. The topological polar surface area (TPSA) is 206 Å². The fourth-order valence-electron chi connectivity index (χ4n) is 3.44. The number of hydrogen-bond acceptors (Lipinski definition) is 9. The van der Waals surface area contributed by atoms with Gasteiger partial charge in [-0.15, -0.1) is 0 Å². The van der Waals surface area contributed by atoms with Crippen molar-refractivity contribution in [3.8, 4) is 11.5 Å². The maximum atomic E-state index is 11.3. The molecule has 0 spiro atoms. The molecule has 0 saturated heterocycles. The van der Waals surface area contributed by atoms with E-state index in [2.05, 4.69) is 15.0 Å². The van der Waals surface area contributed by atoms with Gasteiger partial charge in [-0.25, -0.2) is 34.1 Å². The average Bonchev–Trinajstić information content (AvgIpc) is 2.90. The van der Waals surface area contributed by atoms with Gasteiger partial charge in [0.15, 0.2) is 22.8 Å². The number of ether oxygens (including phenoxy) is 2. The Labute approximate surface area is 212 Å². The lowest BCUT2D eigenvalue weighted by Crippen LogP contribution is -2.10. The fraction of sp³-hybridized carbons (Fsp3) is 0.0800. The molecular formula is C25H17N3O10. The minimum Gasteiger partial charge on any atom is -0.487 e. The standard InChI is InChI=1S/C25H17N3O10/c29-22(30)17-6-14(7-18(27-17)23(31)32)37-10-13-5-12-3-1-2-4-16(12)21(26-13)11-38-15-8-19(24(33)34)28-20(9-15)25(35)36/h1-9H,10-11H2,(H,29,30)(H,31,32)(H,33,34)(H,35,36). The highest BCUT2D eigenvalue weighted by atomic mass is 16.5. The second-order valence-corrected chi connectivity index (χ2v) is 7.73. The molecule has 0 radical (unpaired) electrons. The number of carbonyl (C=O) groups is 4. The van der Waals surface area contributed by atoms with Crippen molar-refractivity contribution in [3.63, 3.8) is 0 Å². The Balaban J connectivity index is 1.62. The van der Waals surface area contributed by atoms with Gasteiger partial charge < -0.3 is 29.9 Å². The molecule has 0 aliphatic heterocycles. The number of benzene rings is 1. The molecule has 38 heavy (non-hydrogen) atoms. The zero-order valence-corrected chi connectivity index (χ0v) is 19.2. The number of carboxylic acids is 4. The number of rotatable bonds is 10. The van der Waals surface area contributed by atoms with Crippen LogP contribution in [-0.2, 0) is 13.2 Å². The lowest BCUT2D eigenvalue weighted by Gasteiger charge is -2.13. The lowest BCUT2D eigenvalue weighted by molar-refractivity contribution is 0.0663. The third-order valence-corrected chi connectivity index (χ3v) is 5.11. The van der Waals surface area contributed by atoms with E-state index in [-0.39, 0.29) is 24.7 Å². The number of aromatic carboxylic acids is 4. The molecule has 0 atom stereocenters. The molecule has 0 bridgehead atoms. The number of nitrogens with zero attached hydrogens (tertiary/aromatic N) is 3. The molecule has 4 aromatic rings. The Morgan fingerprint density at radius 2 is 1.05 bits per heavy atom. The molecule has 0 amide bonds. The zero-order chi connectivity index (χ0) is 27.4. The van der Waals surface area contributed by atoms with E-state index < -0.39 is 46.7 Å². The van der Waals surface area contributed by atoms with Crippen LogP contribution in [0.5, 0.6) is 11.5 Å². The summed E-state index contributed by atoms with van der Waals surface area (Å²) in [4.78, 5) is 56.8. The SMILES string of the molecule is O=C(O)c1cc(OCc2cc3ccccc3c(COc3cc(C(=O)O)nc(C(=O)O)c3)n2)cc(C(=O)O)n1. The molecule has 0 aliphatic carbocycles. The summed E-state index contributed by atoms with van der Waals surface area (Å²) < 4.78 is 11.3. The number of carboxylic acid groups (broad SMARTS) is 4. The molecule has 13 nitrogen and oxygen atoms in total. The van der Waals surface area contributed by atoms with Gasteiger partial charge in [-0.1, -0.05) is 24.3 Å². The zero-order valence-electron chi connectivity index (χ0n) is 19.2. The second-order valence-electron chi connectivity index (χ2n) is 7.73. The van der Waals surface area contributed by atoms with Gasteiger partial charge in [-0.3, -0.25) is 0 Å². The number of pyridine rings is 3. The van der Waals surface area contributed by atoms with E-state index in [9.17, 15) is 39.6 Å². The first-order chi connectivity index (χ1) is 18.1. The van der Waals surface area contributed by atoms with Gasteiger partial charge in [0, 0.05) is 29.7 Å². The van der Waals surface area contributed by atoms with E-state index >= 15 is 0 Å². The van der Waals surface area contributed by atoms with Gasteiger partial charge in [-0.05, 0) is 11.5 Å². The van der Waals surface area contributed by atoms with Gasteiger partial charge in [0.25, 0.3) is 0 Å². The van der Waals surface area contributed by atoms with Crippen LogP contribution >= 0.6 is 0 Å². The fourth-order valence-corrected chi connectivity index (χ4v) is 3.44. The minimum absolute atomic E-state index is 0.0401. The summed E-state index contributed by atoms with van der Waals surface area (Å²) in [6.07, 6.45) is 0. The van der Waals surface area contributed by atoms with E-state index in [1.165, 1.54) is 0 Å². The molecule has 4 N–H and O–H groups in total. The van der Waals surface area contributed by atoms with Gasteiger partial charge in [0.1, 0.15) is 24.7 Å². The van der Waals surface area contributed by atoms with Crippen molar-refractivity contribution in [1.82, 2.24) is 15.0 Å². The molecular weight excluding hydrogens is 502 g/mol. The summed E-state index contributed by atoms with van der Waals surface area (Å²) in [5.41, 5.74) is -1.20. The molecule has 192 valence electrons. The molecule has 13 heteroatoms. The smallest absolute Gasteiger partial charge is 0.354 e. The van der Waals surface area contributed by atoms with Crippen molar-refractivity contribution in [2.45, 2.75) is 13.2 Å². The van der Waals surface area contributed by atoms with Crippen LogP contribution in [0.1, 0.15) is 53.3 Å². The predicted octanol–water partition coefficient (Wildman–Crippen LogP) is 2.98. The van der Waals surface area contributed by atoms with Crippen LogP contribution in [0.25, 0.3) is 10.8 Å². The average molecular weight is 519 g/mol. The molecule has 3 aromatic heterocycles. The van der Waals surface area contributed by atoms with Crippen LogP contribution in [0.3, 0.4) is 0 Å². The van der Waals surface area contributed by atoms with Crippen LogP contribution < -0.4 is 9.47 Å². The lowest BCUT2D eigenvalue weighted by atomic mass is 10.1. The summed E-state index contributed by atoms with van der Waals surface area (Å²) in [5.74, 6) is -5.77. The highest BCUT2D eigenvalue weighted by Crippen LogP contribution is 2.23. The van der Waals surface area contributed by atoms with Crippen LogP contribution in [0.2, 0.25) is 0 Å². The summed E-state index contributed by atoms with van der Waals surface area (Å²) >= 11 is 0. The van der Waals surface area contributed by atoms with Crippen molar-refractivity contribution >= 4 is 34.6 Å². The quantitative estimate of drug-likeness (QED) is 0.238. The first-order valence-electron chi connectivity index (χ1n) is 10.7. The Hall–Kier alpha value is -5.59. The van der Waals surface area contributed by atoms with E-state index in [0.717, 1.165) is 29.7 Å². The third kappa shape index (κ3) is 5.79. The highest BCUT2D eigenvalue weighted by molar-refractivity contribution is 5.91. The Bertz CT molecular complexity index is 1540. The molecule has 0 saturated carbocycles. The molecule has 0 aliphatic rings. The number of aromatic nitrogens is 3. The minimum atomic E-state index is -1.42. The van der Waals surface area contributed by atoms with E-state index in [4.69, 9.17) is 9.47 Å². The maximum Gasteiger partial charge on any atom is 0.354 e. The number of fused-ring (bicyclic) bond motifs is 1. The molecule has 0 unspecified atom stereocenters. The van der Waals surface area contributed by atoms with Crippen LogP contribution in [0.15, 0.2) is 54.6 Å². The van der Waals surface area contributed by atoms with Crippen molar-refractivity contribution in [2.75, 3.05) is 0 Å². The van der Waals surface area contributed by atoms with E-state index in [1.807, 2.05) is 0 Å². The van der Waals surface area contributed by atoms with Gasteiger partial charge in [0.2, 0.25) is 0 Å². The van der Waals surface area contributed by atoms with Crippen LogP contribution in [-0.4, -0.2) is 59.3 Å². The van der Waals surface area contributed by atoms with Crippen LogP contribution in [0.4, 0.5) is 0 Å². The van der Waals surface area contributed by atoms with Crippen molar-refractivity contribution in [2.24, 2.45) is 0 Å². The van der Waals surface area contributed by atoms with Crippen molar-refractivity contribution in [3.05, 3.63) is 88.8 Å². The Kier molecular flexibility index (Phi) is 7.10. The van der Waals surface area contributed by atoms with Crippen LogP contribution in [0, 0.1) is 0 Å². The molecule has 0 fully saturated rings. The Morgan fingerprint density at radius 3 is 1.53 bits per heavy atom. The predicted molar refractivity (Wildman–Crippen MR) is 127 cm³/mol.